The van der Waals surface area contributed by atoms with E-state index in [1.54, 1.807) is 7.11 Å². The molecule has 2 heterocycles. The van der Waals surface area contributed by atoms with Gasteiger partial charge in [0.05, 0.1) is 6.10 Å². The van der Waals surface area contributed by atoms with E-state index >= 15 is 0 Å². The fourth-order valence-corrected chi connectivity index (χ4v) is 2.62. The Morgan fingerprint density at radius 3 is 2.71 bits per heavy atom. The summed E-state index contributed by atoms with van der Waals surface area (Å²) in [5.74, 6) is 1.69. The Labute approximate surface area is 128 Å². The maximum atomic E-state index is 5.58. The second-order valence-corrected chi connectivity index (χ2v) is 7.11. The molecule has 0 aliphatic carbocycles. The number of pyridine rings is 1. The zero-order chi connectivity index (χ0) is 15.5. The fourth-order valence-electron chi connectivity index (χ4n) is 2.62. The van der Waals surface area contributed by atoms with Crippen molar-refractivity contribution < 1.29 is 4.74 Å². The van der Waals surface area contributed by atoms with Crippen LogP contribution in [0.1, 0.15) is 39.7 Å². The number of rotatable bonds is 4. The van der Waals surface area contributed by atoms with E-state index in [-0.39, 0.29) is 5.54 Å². The number of piperidine rings is 1. The molecule has 0 bridgehead atoms. The van der Waals surface area contributed by atoms with Crippen molar-refractivity contribution in [3.05, 3.63) is 23.9 Å². The van der Waals surface area contributed by atoms with Crippen molar-refractivity contribution in [1.29, 1.82) is 0 Å². The van der Waals surface area contributed by atoms with Crippen LogP contribution in [0.3, 0.4) is 0 Å². The topological polar surface area (TPSA) is 37.4 Å². The van der Waals surface area contributed by atoms with Crippen LogP contribution >= 0.6 is 0 Å². The van der Waals surface area contributed by atoms with Crippen LogP contribution < -0.4 is 10.2 Å². The van der Waals surface area contributed by atoms with Crippen molar-refractivity contribution in [2.75, 3.05) is 25.1 Å². The average Bonchev–Trinajstić information content (AvgIpc) is 2.45. The Hall–Kier alpha value is -1.13. The molecule has 2 atom stereocenters. The summed E-state index contributed by atoms with van der Waals surface area (Å²) in [6.45, 7) is 11.6. The van der Waals surface area contributed by atoms with Crippen molar-refractivity contribution in [3.63, 3.8) is 0 Å². The van der Waals surface area contributed by atoms with Gasteiger partial charge < -0.3 is 15.0 Å². The number of nitrogens with zero attached hydrogens (tertiary/aromatic N) is 2. The molecular weight excluding hydrogens is 262 g/mol. The third-order valence-electron chi connectivity index (χ3n) is 4.15. The molecule has 1 saturated heterocycles. The third-order valence-corrected chi connectivity index (χ3v) is 4.15. The molecule has 0 radical (unpaired) electrons. The molecule has 1 aromatic heterocycles. The summed E-state index contributed by atoms with van der Waals surface area (Å²) in [4.78, 5) is 6.96. The van der Waals surface area contributed by atoms with E-state index in [9.17, 15) is 0 Å². The summed E-state index contributed by atoms with van der Waals surface area (Å²) in [7, 11) is 1.80. The number of hydrogen-bond donors (Lipinski definition) is 1. The Morgan fingerprint density at radius 2 is 2.14 bits per heavy atom. The zero-order valence-electron chi connectivity index (χ0n) is 14.0. The van der Waals surface area contributed by atoms with Gasteiger partial charge in [-0.3, -0.25) is 0 Å². The molecule has 0 spiro atoms. The van der Waals surface area contributed by atoms with E-state index in [4.69, 9.17) is 4.74 Å². The molecule has 2 unspecified atom stereocenters. The highest BCUT2D eigenvalue weighted by atomic mass is 16.5. The minimum absolute atomic E-state index is 0.132. The van der Waals surface area contributed by atoms with E-state index in [0.29, 0.717) is 12.0 Å². The van der Waals surface area contributed by atoms with Crippen molar-refractivity contribution in [1.82, 2.24) is 10.3 Å². The van der Waals surface area contributed by atoms with Gasteiger partial charge in [0, 0.05) is 38.5 Å². The van der Waals surface area contributed by atoms with Crippen molar-refractivity contribution in [2.24, 2.45) is 5.92 Å². The maximum absolute atomic E-state index is 5.58. The standard InChI is InChI=1S/C17H29N3O/c1-13-8-9-20(12-15(13)21-5)16-7-6-14(10-18-16)11-19-17(2,3)4/h6-7,10,13,15,19H,8-9,11-12H2,1-5H3. The van der Waals surface area contributed by atoms with E-state index < -0.39 is 0 Å². The summed E-state index contributed by atoms with van der Waals surface area (Å²) in [5.41, 5.74) is 1.36. The minimum atomic E-state index is 0.132. The van der Waals surface area contributed by atoms with E-state index in [0.717, 1.165) is 31.9 Å². The molecule has 0 saturated carbocycles. The molecule has 118 valence electrons. The van der Waals surface area contributed by atoms with Crippen LogP contribution in [-0.2, 0) is 11.3 Å². The van der Waals surface area contributed by atoms with Gasteiger partial charge in [0.15, 0.2) is 0 Å². The molecule has 21 heavy (non-hydrogen) atoms. The molecule has 4 heteroatoms. The monoisotopic (exact) mass is 291 g/mol. The molecule has 0 amide bonds. The molecule has 1 aliphatic rings. The smallest absolute Gasteiger partial charge is 0.128 e. The lowest BCUT2D eigenvalue weighted by Gasteiger charge is -2.36. The van der Waals surface area contributed by atoms with Crippen molar-refractivity contribution in [2.45, 2.75) is 52.3 Å². The predicted octanol–water partition coefficient (Wildman–Crippen LogP) is 2.83. The first-order valence-electron chi connectivity index (χ1n) is 7.87. The van der Waals surface area contributed by atoms with Crippen LogP contribution in [0, 0.1) is 5.92 Å². The molecule has 1 fully saturated rings. The van der Waals surface area contributed by atoms with Gasteiger partial charge >= 0.3 is 0 Å². The molecule has 1 aliphatic heterocycles. The van der Waals surface area contributed by atoms with Gasteiger partial charge in [0.2, 0.25) is 0 Å². The van der Waals surface area contributed by atoms with E-state index in [1.165, 1.54) is 5.56 Å². The highest BCUT2D eigenvalue weighted by Gasteiger charge is 2.26. The second-order valence-electron chi connectivity index (χ2n) is 7.11. The molecule has 1 N–H and O–H groups in total. The Balaban J connectivity index is 1.96. The quantitative estimate of drug-likeness (QED) is 0.925. The van der Waals surface area contributed by atoms with E-state index in [1.807, 2.05) is 6.20 Å². The summed E-state index contributed by atoms with van der Waals surface area (Å²) in [6.07, 6.45) is 3.45. The molecule has 1 aromatic rings. The second kappa shape index (κ2) is 6.75. The van der Waals surface area contributed by atoms with Gasteiger partial charge in [0.1, 0.15) is 5.82 Å². The van der Waals surface area contributed by atoms with Gasteiger partial charge in [0.25, 0.3) is 0 Å². The van der Waals surface area contributed by atoms with Crippen LogP contribution in [0.25, 0.3) is 0 Å². The van der Waals surface area contributed by atoms with Gasteiger partial charge in [-0.25, -0.2) is 4.98 Å². The molecule has 4 nitrogen and oxygen atoms in total. The van der Waals surface area contributed by atoms with Gasteiger partial charge in [-0.1, -0.05) is 13.0 Å². The highest BCUT2D eigenvalue weighted by molar-refractivity contribution is 5.40. The normalized spacial score (nSPS) is 23.4. The van der Waals surface area contributed by atoms with Crippen LogP contribution in [-0.4, -0.2) is 36.8 Å². The Morgan fingerprint density at radius 1 is 1.38 bits per heavy atom. The Kier molecular flexibility index (Phi) is 5.22. The number of anilines is 1. The molecular formula is C17H29N3O. The first kappa shape index (κ1) is 16.2. The lowest BCUT2D eigenvalue weighted by Crippen LogP contribution is -2.44. The SMILES string of the molecule is COC1CN(c2ccc(CNC(C)(C)C)cn2)CCC1C. The van der Waals surface area contributed by atoms with Crippen molar-refractivity contribution in [3.8, 4) is 0 Å². The lowest BCUT2D eigenvalue weighted by atomic mass is 9.96. The number of nitrogens with one attached hydrogen (secondary N) is 1. The van der Waals surface area contributed by atoms with Crippen LogP contribution in [0.4, 0.5) is 5.82 Å². The van der Waals surface area contributed by atoms with Gasteiger partial charge in [-0.15, -0.1) is 0 Å². The van der Waals surface area contributed by atoms with Crippen molar-refractivity contribution >= 4 is 5.82 Å². The molecule has 0 aromatic carbocycles. The van der Waals surface area contributed by atoms with Crippen LogP contribution in [0.2, 0.25) is 0 Å². The minimum Gasteiger partial charge on any atom is -0.379 e. The van der Waals surface area contributed by atoms with E-state index in [2.05, 4.69) is 55.0 Å². The van der Waals surface area contributed by atoms with Crippen LogP contribution in [0.15, 0.2) is 18.3 Å². The fraction of sp³-hybridized carbons (Fsp3) is 0.706. The number of methoxy groups -OCH3 is 1. The largest absolute Gasteiger partial charge is 0.379 e. The maximum Gasteiger partial charge on any atom is 0.128 e. The summed E-state index contributed by atoms with van der Waals surface area (Å²) in [5, 5.41) is 3.49. The first-order valence-corrected chi connectivity index (χ1v) is 7.87. The lowest BCUT2D eigenvalue weighted by molar-refractivity contribution is 0.0496. The highest BCUT2D eigenvalue weighted by Crippen LogP contribution is 2.23. The zero-order valence-corrected chi connectivity index (χ0v) is 14.0. The van der Waals surface area contributed by atoms with Gasteiger partial charge in [-0.2, -0.15) is 0 Å². The number of aromatic nitrogens is 1. The molecule has 2 rings (SSSR count). The average molecular weight is 291 g/mol. The number of ether oxygens (including phenoxy) is 1. The number of hydrogen-bond acceptors (Lipinski definition) is 4. The first-order chi connectivity index (χ1) is 9.89. The summed E-state index contributed by atoms with van der Waals surface area (Å²) >= 11 is 0. The Bertz CT molecular complexity index is 438. The predicted molar refractivity (Wildman–Crippen MR) is 87.6 cm³/mol. The van der Waals surface area contributed by atoms with Gasteiger partial charge in [-0.05, 0) is 44.7 Å². The third kappa shape index (κ3) is 4.68. The van der Waals surface area contributed by atoms with Crippen LogP contribution in [0.5, 0.6) is 0 Å². The summed E-state index contributed by atoms with van der Waals surface area (Å²) in [6, 6.07) is 4.29. The summed E-state index contributed by atoms with van der Waals surface area (Å²) < 4.78 is 5.58.